The molecule has 0 spiro atoms. The third kappa shape index (κ3) is 6.41. The summed E-state index contributed by atoms with van der Waals surface area (Å²) in [6, 6.07) is 5.40. The van der Waals surface area contributed by atoms with E-state index in [9.17, 15) is 5.11 Å². The molecule has 0 aliphatic carbocycles. The molecule has 0 bridgehead atoms. The molecule has 1 aromatic carbocycles. The maximum Gasteiger partial charge on any atom is 0.193 e. The molecule has 6 nitrogen and oxygen atoms in total. The highest BCUT2D eigenvalue weighted by Gasteiger charge is 2.15. The van der Waals surface area contributed by atoms with Crippen LogP contribution in [-0.4, -0.2) is 55.9 Å². The molecular weight excluding hydrogens is 330 g/mol. The molecule has 1 aliphatic rings. The molecule has 6 heteroatoms. The van der Waals surface area contributed by atoms with Gasteiger partial charge in [-0.15, -0.1) is 0 Å². The summed E-state index contributed by atoms with van der Waals surface area (Å²) in [6.07, 6.45) is 3.49. The van der Waals surface area contributed by atoms with Gasteiger partial charge in [0.1, 0.15) is 0 Å². The summed E-state index contributed by atoms with van der Waals surface area (Å²) in [6.45, 7) is 8.66. The van der Waals surface area contributed by atoms with Crippen LogP contribution in [0.25, 0.3) is 0 Å². The van der Waals surface area contributed by atoms with E-state index < -0.39 is 0 Å². The lowest BCUT2D eigenvalue weighted by atomic mass is 9.96. The van der Waals surface area contributed by atoms with E-state index in [-0.39, 0.29) is 5.75 Å². The number of ether oxygens (including phenoxy) is 2. The number of rotatable bonds is 8. The molecule has 146 valence electrons. The summed E-state index contributed by atoms with van der Waals surface area (Å²) in [5.41, 5.74) is 1.01. The molecule has 0 amide bonds. The average Bonchev–Trinajstić information content (AvgIpc) is 2.66. The van der Waals surface area contributed by atoms with Crippen molar-refractivity contribution in [3.63, 3.8) is 0 Å². The summed E-state index contributed by atoms with van der Waals surface area (Å²) in [5, 5.41) is 13.2. The maximum atomic E-state index is 9.82. The minimum Gasteiger partial charge on any atom is -0.504 e. The summed E-state index contributed by atoms with van der Waals surface area (Å²) in [5.74, 6) is 2.34. The Labute approximate surface area is 157 Å². The van der Waals surface area contributed by atoms with Crippen molar-refractivity contribution in [2.24, 2.45) is 10.9 Å². The van der Waals surface area contributed by atoms with E-state index in [0.717, 1.165) is 63.0 Å². The Kier molecular flexibility index (Phi) is 8.54. The first-order chi connectivity index (χ1) is 12.6. The van der Waals surface area contributed by atoms with Crippen molar-refractivity contribution in [2.45, 2.75) is 39.7 Å². The zero-order chi connectivity index (χ0) is 18.8. The van der Waals surface area contributed by atoms with Crippen LogP contribution in [0.1, 0.15) is 38.7 Å². The fourth-order valence-corrected chi connectivity index (χ4v) is 3.08. The van der Waals surface area contributed by atoms with E-state index in [4.69, 9.17) is 14.5 Å². The first-order valence-corrected chi connectivity index (χ1v) is 9.65. The number of nitrogens with zero attached hydrogens (tertiary/aromatic N) is 2. The van der Waals surface area contributed by atoms with Crippen LogP contribution in [0.3, 0.4) is 0 Å². The van der Waals surface area contributed by atoms with Gasteiger partial charge in [-0.1, -0.05) is 6.07 Å². The lowest BCUT2D eigenvalue weighted by Gasteiger charge is -2.26. The molecule has 1 saturated heterocycles. The van der Waals surface area contributed by atoms with Crippen molar-refractivity contribution in [2.75, 3.05) is 40.0 Å². The number of phenolic OH excluding ortho intramolecular Hbond substituents is 1. The Morgan fingerprint density at radius 1 is 1.35 bits per heavy atom. The van der Waals surface area contributed by atoms with Crippen molar-refractivity contribution in [3.8, 4) is 11.5 Å². The van der Waals surface area contributed by atoms with E-state index in [1.807, 2.05) is 19.1 Å². The predicted octanol–water partition coefficient (Wildman–Crippen LogP) is 3.00. The highest BCUT2D eigenvalue weighted by Crippen LogP contribution is 2.27. The van der Waals surface area contributed by atoms with Gasteiger partial charge < -0.3 is 24.8 Å². The van der Waals surface area contributed by atoms with Gasteiger partial charge >= 0.3 is 0 Å². The molecule has 0 aromatic heterocycles. The van der Waals surface area contributed by atoms with Gasteiger partial charge in [-0.25, -0.2) is 4.99 Å². The molecule has 0 unspecified atom stereocenters. The van der Waals surface area contributed by atoms with E-state index in [0.29, 0.717) is 18.9 Å². The summed E-state index contributed by atoms with van der Waals surface area (Å²) in [4.78, 5) is 6.95. The monoisotopic (exact) mass is 363 g/mol. The Hall–Kier alpha value is -1.95. The van der Waals surface area contributed by atoms with Gasteiger partial charge in [-0.05, 0) is 56.7 Å². The Bertz CT molecular complexity index is 571. The van der Waals surface area contributed by atoms with Crippen LogP contribution in [0, 0.1) is 5.92 Å². The molecule has 26 heavy (non-hydrogen) atoms. The lowest BCUT2D eigenvalue weighted by Crippen LogP contribution is -2.40. The average molecular weight is 364 g/mol. The van der Waals surface area contributed by atoms with E-state index >= 15 is 0 Å². The Balaban J connectivity index is 1.95. The topological polar surface area (TPSA) is 66.3 Å². The van der Waals surface area contributed by atoms with Crippen LogP contribution < -0.4 is 10.1 Å². The third-order valence-corrected chi connectivity index (χ3v) is 4.65. The SMILES string of the molecule is CCNC(=NCc1ccc(O)c(OCC)c1)N(C)CCC1CCOCC1. The minimum absolute atomic E-state index is 0.167. The predicted molar refractivity (Wildman–Crippen MR) is 105 cm³/mol. The Morgan fingerprint density at radius 3 is 2.81 bits per heavy atom. The minimum atomic E-state index is 0.167. The number of hydrogen-bond acceptors (Lipinski definition) is 4. The van der Waals surface area contributed by atoms with E-state index in [1.165, 1.54) is 0 Å². The van der Waals surface area contributed by atoms with E-state index in [1.54, 1.807) is 6.07 Å². The molecular formula is C20H33N3O3. The number of aromatic hydroxyl groups is 1. The molecule has 1 aliphatic heterocycles. The van der Waals surface area contributed by atoms with Crippen molar-refractivity contribution < 1.29 is 14.6 Å². The molecule has 0 saturated carbocycles. The van der Waals surface area contributed by atoms with Gasteiger partial charge in [0.25, 0.3) is 0 Å². The molecule has 0 radical (unpaired) electrons. The van der Waals surface area contributed by atoms with Crippen molar-refractivity contribution in [3.05, 3.63) is 23.8 Å². The van der Waals surface area contributed by atoms with Crippen LogP contribution in [0.15, 0.2) is 23.2 Å². The first kappa shape index (κ1) is 20.4. The second-order valence-electron chi connectivity index (χ2n) is 6.67. The van der Waals surface area contributed by atoms with Crippen LogP contribution in [-0.2, 0) is 11.3 Å². The van der Waals surface area contributed by atoms with Crippen LogP contribution >= 0.6 is 0 Å². The molecule has 1 fully saturated rings. The second kappa shape index (κ2) is 10.9. The van der Waals surface area contributed by atoms with Crippen LogP contribution in [0.4, 0.5) is 0 Å². The van der Waals surface area contributed by atoms with Crippen LogP contribution in [0.5, 0.6) is 11.5 Å². The highest BCUT2D eigenvalue weighted by atomic mass is 16.5. The quantitative estimate of drug-likeness (QED) is 0.549. The first-order valence-electron chi connectivity index (χ1n) is 9.65. The normalized spacial score (nSPS) is 15.7. The fourth-order valence-electron chi connectivity index (χ4n) is 3.08. The number of phenols is 1. The number of hydrogen-bond donors (Lipinski definition) is 2. The molecule has 2 rings (SSSR count). The standard InChI is InChI=1S/C20H33N3O3/c1-4-21-20(23(3)11-8-16-9-12-25-13-10-16)22-15-17-6-7-18(24)19(14-17)26-5-2/h6-7,14,16,24H,4-5,8-13,15H2,1-3H3,(H,21,22). The molecule has 2 N–H and O–H groups in total. The number of guanidine groups is 1. The largest absolute Gasteiger partial charge is 0.504 e. The maximum absolute atomic E-state index is 9.82. The van der Waals surface area contributed by atoms with Crippen molar-refractivity contribution in [1.29, 1.82) is 0 Å². The number of benzene rings is 1. The van der Waals surface area contributed by atoms with Gasteiger partial charge in [-0.2, -0.15) is 0 Å². The van der Waals surface area contributed by atoms with E-state index in [2.05, 4.69) is 24.2 Å². The summed E-state index contributed by atoms with van der Waals surface area (Å²) in [7, 11) is 2.09. The second-order valence-corrected chi connectivity index (χ2v) is 6.67. The highest BCUT2D eigenvalue weighted by molar-refractivity contribution is 5.79. The molecule has 1 aromatic rings. The summed E-state index contributed by atoms with van der Waals surface area (Å²) < 4.78 is 10.9. The molecule has 0 atom stereocenters. The third-order valence-electron chi connectivity index (χ3n) is 4.65. The fraction of sp³-hybridized carbons (Fsp3) is 0.650. The Morgan fingerprint density at radius 2 is 2.12 bits per heavy atom. The van der Waals surface area contributed by atoms with Gasteiger partial charge in [0, 0.05) is 33.4 Å². The smallest absolute Gasteiger partial charge is 0.193 e. The van der Waals surface area contributed by atoms with Gasteiger partial charge in [-0.3, -0.25) is 0 Å². The van der Waals surface area contributed by atoms with Crippen LogP contribution in [0.2, 0.25) is 0 Å². The lowest BCUT2D eigenvalue weighted by molar-refractivity contribution is 0.0625. The van der Waals surface area contributed by atoms with Gasteiger partial charge in [0.05, 0.1) is 13.2 Å². The number of nitrogens with one attached hydrogen (secondary N) is 1. The van der Waals surface area contributed by atoms with Crippen molar-refractivity contribution in [1.82, 2.24) is 10.2 Å². The van der Waals surface area contributed by atoms with Crippen molar-refractivity contribution >= 4 is 5.96 Å². The van der Waals surface area contributed by atoms with Gasteiger partial charge in [0.15, 0.2) is 17.5 Å². The van der Waals surface area contributed by atoms with Gasteiger partial charge in [0.2, 0.25) is 0 Å². The zero-order valence-electron chi connectivity index (χ0n) is 16.3. The summed E-state index contributed by atoms with van der Waals surface area (Å²) >= 11 is 0. The number of aliphatic imine (C=N–C) groups is 1. The molecule has 1 heterocycles. The zero-order valence-corrected chi connectivity index (χ0v) is 16.3.